The molecule has 3 nitrogen and oxygen atoms in total. The van der Waals surface area contributed by atoms with Crippen LogP contribution in [0.5, 0.6) is 0 Å². The normalized spacial score (nSPS) is 12.2. The minimum atomic E-state index is 0.217. The Labute approximate surface area is 128 Å². The number of aromatic nitrogens is 2. The van der Waals surface area contributed by atoms with E-state index in [1.54, 1.807) is 0 Å². The van der Waals surface area contributed by atoms with Crippen LogP contribution in [0.25, 0.3) is 11.0 Å². The molecule has 0 aliphatic carbocycles. The van der Waals surface area contributed by atoms with Crippen LogP contribution in [0, 0.1) is 0 Å². The van der Waals surface area contributed by atoms with E-state index in [2.05, 4.69) is 61.8 Å². The topological polar surface area (TPSA) is 29.9 Å². The van der Waals surface area contributed by atoms with Gasteiger partial charge in [-0.25, -0.2) is 4.98 Å². The maximum atomic E-state index is 4.79. The smallest absolute Gasteiger partial charge is 0.109 e. The Kier molecular flexibility index (Phi) is 5.40. The van der Waals surface area contributed by atoms with Gasteiger partial charge in [-0.3, -0.25) is 0 Å². The Bertz CT molecular complexity index is 563. The van der Waals surface area contributed by atoms with Crippen LogP contribution in [0.15, 0.2) is 24.3 Å². The standard InChI is InChI=1S/C18H29N3/c1-5-10-17-20-15-11-6-7-12-16(15)21(17)14-9-8-13-19-18(2,3)4/h6-7,11-12,19H,5,8-10,13-14H2,1-4H3. The molecule has 1 aromatic heterocycles. The van der Waals surface area contributed by atoms with Crippen LogP contribution < -0.4 is 5.32 Å². The zero-order valence-electron chi connectivity index (χ0n) is 13.9. The van der Waals surface area contributed by atoms with Gasteiger partial charge in [0.1, 0.15) is 5.82 Å². The van der Waals surface area contributed by atoms with Crippen LogP contribution in [0.1, 0.15) is 52.8 Å². The number of para-hydroxylation sites is 2. The molecule has 0 bridgehead atoms. The average Bonchev–Trinajstić information content (AvgIpc) is 2.76. The lowest BCUT2D eigenvalue weighted by Crippen LogP contribution is -2.36. The van der Waals surface area contributed by atoms with Gasteiger partial charge in [0.15, 0.2) is 0 Å². The summed E-state index contributed by atoms with van der Waals surface area (Å²) in [6.07, 6.45) is 4.61. The lowest BCUT2D eigenvalue weighted by molar-refractivity contribution is 0.414. The van der Waals surface area contributed by atoms with Gasteiger partial charge in [0.25, 0.3) is 0 Å². The van der Waals surface area contributed by atoms with Crippen LogP contribution in [-0.4, -0.2) is 21.6 Å². The van der Waals surface area contributed by atoms with Crippen molar-refractivity contribution in [2.45, 2.75) is 65.5 Å². The summed E-state index contributed by atoms with van der Waals surface area (Å²) in [5, 5.41) is 3.55. The molecular formula is C18H29N3. The first kappa shape index (κ1) is 16.0. The van der Waals surface area contributed by atoms with Crippen molar-refractivity contribution in [2.24, 2.45) is 0 Å². The van der Waals surface area contributed by atoms with Gasteiger partial charge >= 0.3 is 0 Å². The van der Waals surface area contributed by atoms with E-state index in [0.717, 1.165) is 31.4 Å². The van der Waals surface area contributed by atoms with E-state index in [1.807, 2.05) is 0 Å². The van der Waals surface area contributed by atoms with Gasteiger partial charge in [0.2, 0.25) is 0 Å². The predicted octanol–water partition coefficient (Wildman–Crippen LogP) is 4.16. The molecule has 1 heterocycles. The molecule has 3 heteroatoms. The highest BCUT2D eigenvalue weighted by Gasteiger charge is 2.10. The van der Waals surface area contributed by atoms with Crippen molar-refractivity contribution in [3.05, 3.63) is 30.1 Å². The molecule has 2 aromatic rings. The molecule has 0 spiro atoms. The molecule has 116 valence electrons. The van der Waals surface area contributed by atoms with Crippen molar-refractivity contribution in [2.75, 3.05) is 6.54 Å². The molecule has 0 amide bonds. The van der Waals surface area contributed by atoms with Crippen LogP contribution >= 0.6 is 0 Å². The van der Waals surface area contributed by atoms with Gasteiger partial charge in [-0.05, 0) is 58.7 Å². The molecule has 1 N–H and O–H groups in total. The van der Waals surface area contributed by atoms with E-state index in [4.69, 9.17) is 4.98 Å². The lowest BCUT2D eigenvalue weighted by Gasteiger charge is -2.20. The van der Waals surface area contributed by atoms with Gasteiger partial charge in [0.05, 0.1) is 11.0 Å². The van der Waals surface area contributed by atoms with E-state index in [9.17, 15) is 0 Å². The highest BCUT2D eigenvalue weighted by Crippen LogP contribution is 2.18. The number of unbranched alkanes of at least 4 members (excludes halogenated alkanes) is 1. The number of nitrogens with one attached hydrogen (secondary N) is 1. The third-order valence-electron chi connectivity index (χ3n) is 3.67. The van der Waals surface area contributed by atoms with Gasteiger partial charge in [-0.15, -0.1) is 0 Å². The van der Waals surface area contributed by atoms with Crippen LogP contribution in [0.2, 0.25) is 0 Å². The Morgan fingerprint density at radius 3 is 2.62 bits per heavy atom. The number of rotatable bonds is 7. The monoisotopic (exact) mass is 287 g/mol. The Hall–Kier alpha value is -1.35. The number of hydrogen-bond acceptors (Lipinski definition) is 2. The number of imidazole rings is 1. The number of benzene rings is 1. The average molecular weight is 287 g/mol. The molecule has 0 saturated heterocycles. The second-order valence-corrected chi connectivity index (χ2v) is 6.80. The van der Waals surface area contributed by atoms with E-state index < -0.39 is 0 Å². The Morgan fingerprint density at radius 1 is 1.14 bits per heavy atom. The fourth-order valence-electron chi connectivity index (χ4n) is 2.65. The van der Waals surface area contributed by atoms with E-state index in [0.29, 0.717) is 0 Å². The Morgan fingerprint density at radius 2 is 1.90 bits per heavy atom. The minimum Gasteiger partial charge on any atom is -0.328 e. The van der Waals surface area contributed by atoms with Crippen molar-refractivity contribution in [1.29, 1.82) is 0 Å². The number of aryl methyl sites for hydroxylation is 2. The summed E-state index contributed by atoms with van der Waals surface area (Å²) in [7, 11) is 0. The van der Waals surface area contributed by atoms with Crippen molar-refractivity contribution >= 4 is 11.0 Å². The summed E-state index contributed by atoms with van der Waals surface area (Å²) in [5.74, 6) is 1.24. The molecule has 21 heavy (non-hydrogen) atoms. The molecule has 0 aliphatic rings. The molecule has 0 aliphatic heterocycles. The summed E-state index contributed by atoms with van der Waals surface area (Å²) in [5.41, 5.74) is 2.63. The quantitative estimate of drug-likeness (QED) is 0.775. The molecule has 0 atom stereocenters. The maximum Gasteiger partial charge on any atom is 0.109 e. The summed E-state index contributed by atoms with van der Waals surface area (Å²) >= 11 is 0. The largest absolute Gasteiger partial charge is 0.328 e. The molecule has 1 aromatic carbocycles. The fourth-order valence-corrected chi connectivity index (χ4v) is 2.65. The second-order valence-electron chi connectivity index (χ2n) is 6.80. The zero-order chi connectivity index (χ0) is 15.3. The summed E-state index contributed by atoms with van der Waals surface area (Å²) in [6.45, 7) is 11.0. The fraction of sp³-hybridized carbons (Fsp3) is 0.611. The van der Waals surface area contributed by atoms with E-state index in [-0.39, 0.29) is 5.54 Å². The van der Waals surface area contributed by atoms with Crippen molar-refractivity contribution in [1.82, 2.24) is 14.9 Å². The molecule has 0 radical (unpaired) electrons. The minimum absolute atomic E-state index is 0.217. The lowest BCUT2D eigenvalue weighted by atomic mass is 10.1. The number of nitrogens with zero attached hydrogens (tertiary/aromatic N) is 2. The van der Waals surface area contributed by atoms with Crippen LogP contribution in [0.4, 0.5) is 0 Å². The van der Waals surface area contributed by atoms with Gasteiger partial charge in [-0.1, -0.05) is 19.1 Å². The second kappa shape index (κ2) is 7.08. The van der Waals surface area contributed by atoms with Gasteiger partial charge in [-0.2, -0.15) is 0 Å². The number of hydrogen-bond donors (Lipinski definition) is 1. The maximum absolute atomic E-state index is 4.79. The summed E-state index contributed by atoms with van der Waals surface area (Å²) in [4.78, 5) is 4.79. The van der Waals surface area contributed by atoms with Gasteiger partial charge in [0, 0.05) is 18.5 Å². The first-order chi connectivity index (χ1) is 10.0. The third-order valence-corrected chi connectivity index (χ3v) is 3.67. The van der Waals surface area contributed by atoms with Crippen molar-refractivity contribution < 1.29 is 0 Å². The highest BCUT2D eigenvalue weighted by atomic mass is 15.1. The van der Waals surface area contributed by atoms with E-state index >= 15 is 0 Å². The summed E-state index contributed by atoms with van der Waals surface area (Å²) in [6, 6.07) is 8.49. The Balaban J connectivity index is 1.98. The van der Waals surface area contributed by atoms with E-state index in [1.165, 1.54) is 24.2 Å². The SMILES string of the molecule is CCCc1nc2ccccc2n1CCCCNC(C)(C)C. The van der Waals surface area contributed by atoms with Crippen molar-refractivity contribution in [3.63, 3.8) is 0 Å². The van der Waals surface area contributed by atoms with Crippen molar-refractivity contribution in [3.8, 4) is 0 Å². The van der Waals surface area contributed by atoms with Crippen LogP contribution in [-0.2, 0) is 13.0 Å². The van der Waals surface area contributed by atoms with Crippen LogP contribution in [0.3, 0.4) is 0 Å². The molecule has 0 fully saturated rings. The molecule has 0 unspecified atom stereocenters. The van der Waals surface area contributed by atoms with Gasteiger partial charge < -0.3 is 9.88 Å². The molecule has 0 saturated carbocycles. The highest BCUT2D eigenvalue weighted by molar-refractivity contribution is 5.75. The number of fused-ring (bicyclic) bond motifs is 1. The first-order valence-corrected chi connectivity index (χ1v) is 8.20. The summed E-state index contributed by atoms with van der Waals surface area (Å²) < 4.78 is 2.41. The molecule has 2 rings (SSSR count). The third kappa shape index (κ3) is 4.57. The first-order valence-electron chi connectivity index (χ1n) is 8.20. The molecular weight excluding hydrogens is 258 g/mol. The predicted molar refractivity (Wildman–Crippen MR) is 90.7 cm³/mol. The zero-order valence-corrected chi connectivity index (χ0v) is 13.9.